The second kappa shape index (κ2) is 10.4. The number of ketones is 1. The summed E-state index contributed by atoms with van der Waals surface area (Å²) < 4.78 is 5.44. The normalized spacial score (nSPS) is 15.6. The van der Waals surface area contributed by atoms with Crippen LogP contribution in [0, 0.1) is 21.2 Å². The van der Waals surface area contributed by atoms with Crippen LogP contribution in [0.2, 0.25) is 0 Å². The molecule has 0 radical (unpaired) electrons. The van der Waals surface area contributed by atoms with Crippen molar-refractivity contribution in [3.63, 3.8) is 0 Å². The molecule has 1 aliphatic heterocycles. The van der Waals surface area contributed by atoms with Gasteiger partial charge in [-0.25, -0.2) is 4.79 Å². The maximum atomic E-state index is 13.8. The van der Waals surface area contributed by atoms with Gasteiger partial charge in [-0.15, -0.1) is 0 Å². The Bertz CT molecular complexity index is 1700. The molecule has 0 bridgehead atoms. The van der Waals surface area contributed by atoms with Crippen molar-refractivity contribution in [2.45, 2.75) is 6.10 Å². The van der Waals surface area contributed by atoms with Gasteiger partial charge in [0.2, 0.25) is 0 Å². The molecule has 4 aromatic carbocycles. The Morgan fingerprint density at radius 2 is 1.70 bits per heavy atom. The summed E-state index contributed by atoms with van der Waals surface area (Å²) in [6, 6.07) is 20.9. The van der Waals surface area contributed by atoms with Crippen LogP contribution >= 0.6 is 0 Å². The molecular formula is C28H19N3O9-2. The first-order valence-corrected chi connectivity index (χ1v) is 11.8. The monoisotopic (exact) mass is 541 g/mol. The summed E-state index contributed by atoms with van der Waals surface area (Å²) in [6.07, 6.45) is -1.39. The number of Topliss-reactive ketones (excluding diaryl/α,β-unsaturated/α-hetero) is 1. The molecule has 12 heteroatoms. The minimum Gasteiger partial charge on any atom is -0.871 e. The second-order valence-corrected chi connectivity index (χ2v) is 8.89. The number of hydrogen-bond donors (Lipinski definition) is 3. The van der Waals surface area contributed by atoms with Gasteiger partial charge in [0, 0.05) is 17.2 Å². The van der Waals surface area contributed by atoms with Crippen LogP contribution in [0.5, 0.6) is 0 Å². The van der Waals surface area contributed by atoms with E-state index in [0.29, 0.717) is 5.39 Å². The zero-order valence-corrected chi connectivity index (χ0v) is 20.4. The van der Waals surface area contributed by atoms with Gasteiger partial charge in [-0.2, -0.15) is 0 Å². The highest BCUT2D eigenvalue weighted by Gasteiger charge is 2.41. The molecule has 0 amide bonds. The van der Waals surface area contributed by atoms with E-state index in [1.54, 1.807) is 36.4 Å². The number of rotatable bonds is 8. The Kier molecular flexibility index (Phi) is 6.78. The standard InChI is InChI=1S/C28H20N3O9/c32-24(17-10-9-15-5-1-2-6-16(15)13-17)23(26-19-7-3-4-8-20(19)28(35)40-26)25(33)27(34)29-21-12-11-18(30(36)37)14-22(21)31(38)39/h1-14,23,26,29,33-34,36H/q-1/p-1. The predicted molar refractivity (Wildman–Crippen MR) is 140 cm³/mol. The van der Waals surface area contributed by atoms with Crippen molar-refractivity contribution < 1.29 is 34.7 Å². The first kappa shape index (κ1) is 26.2. The maximum Gasteiger partial charge on any atom is 0.339 e. The van der Waals surface area contributed by atoms with Crippen molar-refractivity contribution in [2.75, 3.05) is 10.5 Å². The summed E-state index contributed by atoms with van der Waals surface area (Å²) in [6.45, 7) is 0. The molecule has 1 heterocycles. The number of benzene rings is 4. The Hall–Kier alpha value is -5.46. The SMILES string of the molecule is O=C1OC(C(C(=O)c2ccc3ccccc3c2)C([O-])=C(O)Nc2ccc(N([O-])O)cc2[N+](=O)[O-])c2ccccc21. The summed E-state index contributed by atoms with van der Waals surface area (Å²) >= 11 is 0. The lowest BCUT2D eigenvalue weighted by molar-refractivity contribution is -0.383. The van der Waals surface area contributed by atoms with E-state index < -0.39 is 62.6 Å². The number of nitro groups is 1. The number of cyclic esters (lactones) is 1. The summed E-state index contributed by atoms with van der Waals surface area (Å²) in [7, 11) is 0. The number of esters is 1. The summed E-state index contributed by atoms with van der Waals surface area (Å²) in [5.41, 5.74) is -1.09. The Morgan fingerprint density at radius 3 is 2.42 bits per heavy atom. The van der Waals surface area contributed by atoms with E-state index in [1.807, 2.05) is 12.1 Å². The number of anilines is 2. The second-order valence-electron chi connectivity index (χ2n) is 8.89. The van der Waals surface area contributed by atoms with Gasteiger partial charge >= 0.3 is 5.97 Å². The average Bonchev–Trinajstić information content (AvgIpc) is 3.28. The van der Waals surface area contributed by atoms with Gasteiger partial charge in [-0.1, -0.05) is 60.4 Å². The topological polar surface area (TPSA) is 188 Å². The lowest BCUT2D eigenvalue weighted by atomic mass is 9.86. The number of aliphatic hydroxyl groups is 1. The predicted octanol–water partition coefficient (Wildman–Crippen LogP) is 4.35. The molecule has 40 heavy (non-hydrogen) atoms. The molecule has 202 valence electrons. The molecule has 0 aromatic heterocycles. The van der Waals surface area contributed by atoms with Crippen LogP contribution in [-0.2, 0) is 4.74 Å². The van der Waals surface area contributed by atoms with Gasteiger partial charge in [0.1, 0.15) is 11.8 Å². The fraction of sp³-hybridized carbons (Fsp3) is 0.0714. The van der Waals surface area contributed by atoms with Crippen LogP contribution in [0.1, 0.15) is 32.4 Å². The third-order valence-electron chi connectivity index (χ3n) is 6.51. The van der Waals surface area contributed by atoms with Crippen LogP contribution in [0.4, 0.5) is 17.1 Å². The Morgan fingerprint density at radius 1 is 1.00 bits per heavy atom. The molecule has 0 spiro atoms. The zero-order valence-electron chi connectivity index (χ0n) is 20.4. The fourth-order valence-electron chi connectivity index (χ4n) is 4.57. The first-order chi connectivity index (χ1) is 19.2. The lowest BCUT2D eigenvalue weighted by Gasteiger charge is -2.29. The summed E-state index contributed by atoms with van der Waals surface area (Å²) in [5, 5.41) is 59.4. The van der Waals surface area contributed by atoms with E-state index in [9.17, 15) is 35.1 Å². The minimum absolute atomic E-state index is 0.110. The van der Waals surface area contributed by atoms with Crippen LogP contribution in [0.25, 0.3) is 10.8 Å². The number of fused-ring (bicyclic) bond motifs is 2. The van der Waals surface area contributed by atoms with Gasteiger partial charge < -0.3 is 30.7 Å². The fourth-order valence-corrected chi connectivity index (χ4v) is 4.57. The molecule has 0 aliphatic carbocycles. The van der Waals surface area contributed by atoms with E-state index in [0.717, 1.165) is 23.6 Å². The number of nitrogens with one attached hydrogen (secondary N) is 1. The summed E-state index contributed by atoms with van der Waals surface area (Å²) in [5.74, 6) is -5.61. The highest BCUT2D eigenvalue weighted by Crippen LogP contribution is 2.40. The van der Waals surface area contributed by atoms with Crippen molar-refractivity contribution in [2.24, 2.45) is 5.92 Å². The number of hydrogen-bond acceptors (Lipinski definition) is 11. The number of nitrogens with zero attached hydrogens (tertiary/aromatic N) is 2. The average molecular weight is 541 g/mol. The minimum atomic E-state index is -1.76. The highest BCUT2D eigenvalue weighted by atomic mass is 16.8. The zero-order chi connectivity index (χ0) is 28.6. The van der Waals surface area contributed by atoms with E-state index in [1.165, 1.54) is 18.2 Å². The molecule has 1 aliphatic rings. The van der Waals surface area contributed by atoms with E-state index in [4.69, 9.17) is 9.94 Å². The van der Waals surface area contributed by atoms with Crippen LogP contribution < -0.4 is 15.6 Å². The highest BCUT2D eigenvalue weighted by molar-refractivity contribution is 6.04. The van der Waals surface area contributed by atoms with Gasteiger partial charge in [0.25, 0.3) is 5.69 Å². The molecule has 3 N–H and O–H groups in total. The quantitative estimate of drug-likeness (QED) is 0.0945. The van der Waals surface area contributed by atoms with Gasteiger partial charge in [0.15, 0.2) is 11.7 Å². The molecular weight excluding hydrogens is 522 g/mol. The van der Waals surface area contributed by atoms with E-state index >= 15 is 0 Å². The first-order valence-electron chi connectivity index (χ1n) is 11.8. The number of ether oxygens (including phenoxy) is 1. The van der Waals surface area contributed by atoms with Crippen LogP contribution in [0.3, 0.4) is 0 Å². The van der Waals surface area contributed by atoms with Gasteiger partial charge in [0.05, 0.1) is 22.1 Å². The smallest absolute Gasteiger partial charge is 0.339 e. The Balaban J connectivity index is 1.60. The molecule has 4 aromatic rings. The third kappa shape index (κ3) is 4.75. The van der Waals surface area contributed by atoms with Crippen LogP contribution in [0.15, 0.2) is 96.6 Å². The van der Waals surface area contributed by atoms with Crippen molar-refractivity contribution in [1.29, 1.82) is 0 Å². The van der Waals surface area contributed by atoms with Gasteiger partial charge in [-0.05, 0) is 35.0 Å². The summed E-state index contributed by atoms with van der Waals surface area (Å²) in [4.78, 5) is 37.0. The van der Waals surface area contributed by atoms with Crippen molar-refractivity contribution in [3.05, 3.63) is 129 Å². The number of carbonyl (C=O) groups is 2. The van der Waals surface area contributed by atoms with Crippen LogP contribution in [-0.4, -0.2) is 27.0 Å². The lowest BCUT2D eigenvalue weighted by Crippen LogP contribution is -2.32. The molecule has 0 saturated carbocycles. The van der Waals surface area contributed by atoms with Crippen molar-refractivity contribution in [1.82, 2.24) is 0 Å². The van der Waals surface area contributed by atoms with E-state index in [-0.39, 0.29) is 16.7 Å². The number of carbonyl (C=O) groups excluding carboxylic acids is 2. The molecule has 0 fully saturated rings. The van der Waals surface area contributed by atoms with Crippen molar-refractivity contribution in [3.8, 4) is 0 Å². The molecule has 0 saturated heterocycles. The Labute approximate surface area is 225 Å². The molecule has 12 nitrogen and oxygen atoms in total. The number of aliphatic hydroxyl groups excluding tert-OH is 1. The largest absolute Gasteiger partial charge is 0.871 e. The third-order valence-corrected chi connectivity index (χ3v) is 6.51. The maximum absolute atomic E-state index is 13.8. The molecule has 5 rings (SSSR count). The van der Waals surface area contributed by atoms with Crippen molar-refractivity contribution >= 4 is 39.6 Å². The van der Waals surface area contributed by atoms with E-state index in [2.05, 4.69) is 5.32 Å². The molecule has 2 unspecified atom stereocenters. The molecule has 2 atom stereocenters. The number of nitro benzene ring substituents is 1. The van der Waals surface area contributed by atoms with Gasteiger partial charge in [-0.3, -0.25) is 20.1 Å².